The van der Waals surface area contributed by atoms with Gasteiger partial charge in [-0.2, -0.15) is 5.10 Å². The molecule has 3 heterocycles. The fourth-order valence-electron chi connectivity index (χ4n) is 5.65. The Morgan fingerprint density at radius 2 is 1.57 bits per heavy atom. The molecule has 2 aliphatic heterocycles. The van der Waals surface area contributed by atoms with Gasteiger partial charge in [-0.3, -0.25) is 0 Å². The molecule has 0 radical (unpaired) electrons. The molecule has 0 amide bonds. The van der Waals surface area contributed by atoms with Gasteiger partial charge in [0, 0.05) is 5.56 Å². The smallest absolute Gasteiger partial charge is 0.179 e. The first kappa shape index (κ1) is 25.6. The van der Waals surface area contributed by atoms with Crippen LogP contribution >= 0.6 is 0 Å². The quantitative estimate of drug-likeness (QED) is 0.237. The van der Waals surface area contributed by atoms with Crippen LogP contribution in [0.3, 0.4) is 0 Å². The molecule has 0 spiro atoms. The van der Waals surface area contributed by atoms with Crippen molar-refractivity contribution in [2.75, 3.05) is 23.9 Å². The second-order valence-electron chi connectivity index (χ2n) is 10.1. The highest BCUT2D eigenvalue weighted by molar-refractivity contribution is 6.51. The molecule has 8 nitrogen and oxygen atoms in total. The van der Waals surface area contributed by atoms with Crippen LogP contribution in [-0.4, -0.2) is 35.2 Å². The molecule has 2 aliphatic rings. The van der Waals surface area contributed by atoms with Gasteiger partial charge >= 0.3 is 0 Å². The Balaban J connectivity index is 1.47. The summed E-state index contributed by atoms with van der Waals surface area (Å²) < 4.78 is 13.4. The minimum atomic E-state index is -0.216. The highest BCUT2D eigenvalue weighted by Gasteiger charge is 2.41. The lowest BCUT2D eigenvalue weighted by molar-refractivity contribution is 0.340. The Morgan fingerprint density at radius 3 is 2.36 bits per heavy atom. The topological polar surface area (TPSA) is 76.3 Å². The summed E-state index contributed by atoms with van der Waals surface area (Å²) in [6, 6.07) is 34.2. The fourth-order valence-corrected chi connectivity index (χ4v) is 5.65. The van der Waals surface area contributed by atoms with Crippen molar-refractivity contribution in [2.24, 2.45) is 9.98 Å². The molecule has 208 valence electrons. The first-order valence-electron chi connectivity index (χ1n) is 14.0. The lowest BCUT2D eigenvalue weighted by Crippen LogP contribution is -2.46. The number of methoxy groups -OCH3 is 1. The summed E-state index contributed by atoms with van der Waals surface area (Å²) in [5.74, 6) is 3.65. The van der Waals surface area contributed by atoms with Crippen molar-refractivity contribution in [3.8, 4) is 17.2 Å². The molecule has 0 saturated carbocycles. The Hall–Kier alpha value is -5.37. The van der Waals surface area contributed by atoms with Gasteiger partial charge in [-0.05, 0) is 67.9 Å². The van der Waals surface area contributed by atoms with Gasteiger partial charge in [0.05, 0.1) is 48.2 Å². The average molecular weight is 555 g/mol. The van der Waals surface area contributed by atoms with Gasteiger partial charge in [0.25, 0.3) is 0 Å². The van der Waals surface area contributed by atoms with E-state index >= 15 is 0 Å². The number of fused-ring (bicyclic) bond motifs is 4. The summed E-state index contributed by atoms with van der Waals surface area (Å²) in [6.45, 7) is 4.66. The van der Waals surface area contributed by atoms with E-state index in [9.17, 15) is 0 Å². The number of anilines is 2. The third-order valence-electron chi connectivity index (χ3n) is 7.51. The number of rotatable bonds is 6. The van der Waals surface area contributed by atoms with E-state index in [2.05, 4.69) is 35.3 Å². The molecule has 4 aromatic carbocycles. The predicted molar refractivity (Wildman–Crippen MR) is 167 cm³/mol. The number of aliphatic imine (C=N–C) groups is 2. The van der Waals surface area contributed by atoms with Crippen molar-refractivity contribution in [1.82, 2.24) is 9.78 Å². The van der Waals surface area contributed by atoms with Gasteiger partial charge in [0.15, 0.2) is 17.5 Å². The molecular formula is C34H30N6O2. The summed E-state index contributed by atoms with van der Waals surface area (Å²) in [5.41, 5.74) is 6.61. The van der Waals surface area contributed by atoms with Crippen LogP contribution in [0.15, 0.2) is 113 Å². The molecule has 1 aromatic heterocycles. The van der Waals surface area contributed by atoms with E-state index in [4.69, 9.17) is 24.6 Å². The summed E-state index contributed by atoms with van der Waals surface area (Å²) in [5, 5.41) is 8.55. The first-order chi connectivity index (χ1) is 20.7. The van der Waals surface area contributed by atoms with E-state index in [0.29, 0.717) is 18.3 Å². The minimum absolute atomic E-state index is 0.216. The number of nitrogens with one attached hydrogen (secondary N) is 1. The number of nitrogens with zero attached hydrogens (tertiary/aromatic N) is 5. The SMILES string of the molecule is CCOc1ccc(C2c3c(C)nn(-c4ccccc4)c3N=C3C(Nc4ccccc4OC)=Nc4ccccc4N32)cc1. The monoisotopic (exact) mass is 554 g/mol. The molecule has 1 atom stereocenters. The van der Waals surface area contributed by atoms with Crippen LogP contribution < -0.4 is 19.7 Å². The molecule has 0 saturated heterocycles. The van der Waals surface area contributed by atoms with E-state index in [1.165, 1.54) is 0 Å². The maximum atomic E-state index is 5.78. The Labute approximate surface area is 244 Å². The minimum Gasteiger partial charge on any atom is -0.495 e. The zero-order valence-electron chi connectivity index (χ0n) is 23.7. The largest absolute Gasteiger partial charge is 0.495 e. The third-order valence-corrected chi connectivity index (χ3v) is 7.51. The average Bonchev–Trinajstić information content (AvgIpc) is 3.37. The summed E-state index contributed by atoms with van der Waals surface area (Å²) >= 11 is 0. The normalized spacial score (nSPS) is 15.1. The Kier molecular flexibility index (Phi) is 6.43. The van der Waals surface area contributed by atoms with Crippen LogP contribution in [-0.2, 0) is 0 Å². The number of ether oxygens (including phenoxy) is 2. The molecule has 0 fully saturated rings. The summed E-state index contributed by atoms with van der Waals surface area (Å²) in [4.78, 5) is 12.6. The van der Waals surface area contributed by atoms with Crippen molar-refractivity contribution in [2.45, 2.75) is 19.9 Å². The van der Waals surface area contributed by atoms with Gasteiger partial charge in [-0.1, -0.05) is 54.6 Å². The number of amidine groups is 2. The second-order valence-corrected chi connectivity index (χ2v) is 10.1. The maximum absolute atomic E-state index is 5.78. The zero-order chi connectivity index (χ0) is 28.6. The van der Waals surface area contributed by atoms with Crippen molar-refractivity contribution in [3.63, 3.8) is 0 Å². The molecule has 42 heavy (non-hydrogen) atoms. The van der Waals surface area contributed by atoms with Crippen molar-refractivity contribution < 1.29 is 9.47 Å². The van der Waals surface area contributed by atoms with E-state index in [1.54, 1.807) is 7.11 Å². The van der Waals surface area contributed by atoms with Crippen LogP contribution in [0.5, 0.6) is 11.5 Å². The van der Waals surface area contributed by atoms with Crippen molar-refractivity contribution in [3.05, 3.63) is 120 Å². The molecule has 5 aromatic rings. The summed E-state index contributed by atoms with van der Waals surface area (Å²) in [6.07, 6.45) is 0. The second kappa shape index (κ2) is 10.6. The number of aryl methyl sites for hydroxylation is 1. The maximum Gasteiger partial charge on any atom is 0.179 e. The molecular weight excluding hydrogens is 524 g/mol. The highest BCUT2D eigenvalue weighted by atomic mass is 16.5. The Morgan fingerprint density at radius 1 is 0.833 bits per heavy atom. The number of benzene rings is 4. The van der Waals surface area contributed by atoms with Gasteiger partial charge in [0.1, 0.15) is 11.5 Å². The summed E-state index contributed by atoms with van der Waals surface area (Å²) in [7, 11) is 1.67. The van der Waals surface area contributed by atoms with Crippen LogP contribution in [0.1, 0.15) is 29.8 Å². The molecule has 1 N–H and O–H groups in total. The van der Waals surface area contributed by atoms with Gasteiger partial charge < -0.3 is 19.7 Å². The Bertz CT molecular complexity index is 1830. The molecule has 8 heteroatoms. The number of para-hydroxylation sites is 5. The number of hydrogen-bond donors (Lipinski definition) is 1. The van der Waals surface area contributed by atoms with Crippen LogP contribution in [0.25, 0.3) is 5.69 Å². The van der Waals surface area contributed by atoms with Crippen LogP contribution in [0, 0.1) is 6.92 Å². The van der Waals surface area contributed by atoms with E-state index in [0.717, 1.165) is 56.9 Å². The first-order valence-corrected chi connectivity index (χ1v) is 14.0. The zero-order valence-corrected chi connectivity index (χ0v) is 23.7. The van der Waals surface area contributed by atoms with E-state index in [1.807, 2.05) is 96.5 Å². The highest BCUT2D eigenvalue weighted by Crippen LogP contribution is 2.48. The lowest BCUT2D eigenvalue weighted by atomic mass is 9.93. The van der Waals surface area contributed by atoms with Gasteiger partial charge in [-0.25, -0.2) is 14.7 Å². The lowest BCUT2D eigenvalue weighted by Gasteiger charge is -2.40. The molecule has 0 aliphatic carbocycles. The molecule has 1 unspecified atom stereocenters. The van der Waals surface area contributed by atoms with Crippen LogP contribution in [0.2, 0.25) is 0 Å². The molecule has 0 bridgehead atoms. The van der Waals surface area contributed by atoms with Crippen LogP contribution in [0.4, 0.5) is 22.9 Å². The van der Waals surface area contributed by atoms with Crippen molar-refractivity contribution >= 4 is 34.6 Å². The molecule has 7 rings (SSSR count). The van der Waals surface area contributed by atoms with Gasteiger partial charge in [0.2, 0.25) is 0 Å². The standard InChI is InChI=1S/C34H30N6O2/c1-4-42-25-20-18-23(19-21-25)31-30-22(2)38-40(24-12-6-5-7-13-24)33(30)37-34-32(36-27-15-9-11-17-29(27)41-3)35-26-14-8-10-16-28(26)39(31)34/h5-21,31H,4H2,1-3H3,(H,35,36). The predicted octanol–water partition coefficient (Wildman–Crippen LogP) is 7.38. The van der Waals surface area contributed by atoms with Crippen molar-refractivity contribution in [1.29, 1.82) is 0 Å². The third kappa shape index (κ3) is 4.28. The van der Waals surface area contributed by atoms with Gasteiger partial charge in [-0.15, -0.1) is 0 Å². The fraction of sp³-hybridized carbons (Fsp3) is 0.147. The van der Waals surface area contributed by atoms with E-state index in [-0.39, 0.29) is 6.04 Å². The number of hydrogen-bond acceptors (Lipinski definition) is 7. The number of aromatic nitrogens is 2. The van der Waals surface area contributed by atoms with E-state index < -0.39 is 0 Å².